The van der Waals surface area contributed by atoms with Crippen LogP contribution in [0.3, 0.4) is 0 Å². The molecule has 0 aliphatic heterocycles. The molecule has 0 saturated carbocycles. The van der Waals surface area contributed by atoms with E-state index in [1.54, 1.807) is 6.92 Å². The highest BCUT2D eigenvalue weighted by molar-refractivity contribution is 5.99. The molecule has 0 saturated heterocycles. The number of aromatic hydroxyl groups is 1. The number of rotatable bonds is 3. The van der Waals surface area contributed by atoms with Gasteiger partial charge in [-0.25, -0.2) is 8.78 Å². The molecule has 0 aromatic heterocycles. The molecule has 76 valence electrons. The molecule has 14 heavy (non-hydrogen) atoms. The Morgan fingerprint density at radius 2 is 2.14 bits per heavy atom. The molecule has 2 nitrogen and oxygen atoms in total. The van der Waals surface area contributed by atoms with Crippen molar-refractivity contribution in [2.45, 2.75) is 19.8 Å². The van der Waals surface area contributed by atoms with Gasteiger partial charge in [-0.3, -0.25) is 4.79 Å². The first-order chi connectivity index (χ1) is 6.57. The average Bonchev–Trinajstić information content (AvgIpc) is 2.16. The van der Waals surface area contributed by atoms with Gasteiger partial charge in [0.15, 0.2) is 5.78 Å². The Bertz CT molecular complexity index is 348. The Morgan fingerprint density at radius 3 is 2.64 bits per heavy atom. The van der Waals surface area contributed by atoms with Crippen LogP contribution in [-0.2, 0) is 0 Å². The van der Waals surface area contributed by atoms with Gasteiger partial charge in [0, 0.05) is 12.0 Å². The molecule has 0 heterocycles. The molecule has 0 spiro atoms. The van der Waals surface area contributed by atoms with Crippen LogP contribution in [0.25, 0.3) is 0 Å². The standard InChI is InChI=1S/C10H10F2O2/c1-2-7(13)9-6(10(11)12)4-3-5-8(9)14/h3-5,10,14H,2H2,1H3. The molecule has 0 atom stereocenters. The molecule has 0 aliphatic rings. The largest absolute Gasteiger partial charge is 0.507 e. The number of phenols is 1. The maximum absolute atomic E-state index is 12.4. The highest BCUT2D eigenvalue weighted by Gasteiger charge is 2.20. The Kier molecular flexibility index (Phi) is 3.17. The van der Waals surface area contributed by atoms with E-state index in [1.807, 2.05) is 0 Å². The fraction of sp³-hybridized carbons (Fsp3) is 0.300. The lowest BCUT2D eigenvalue weighted by Crippen LogP contribution is -2.03. The zero-order chi connectivity index (χ0) is 10.7. The van der Waals surface area contributed by atoms with E-state index in [2.05, 4.69) is 0 Å². The van der Waals surface area contributed by atoms with Crippen LogP contribution in [0.5, 0.6) is 5.75 Å². The molecule has 0 aliphatic carbocycles. The lowest BCUT2D eigenvalue weighted by Gasteiger charge is -2.08. The molecule has 4 heteroatoms. The molecule has 0 amide bonds. The minimum absolute atomic E-state index is 0.0945. The fourth-order valence-corrected chi connectivity index (χ4v) is 1.22. The quantitative estimate of drug-likeness (QED) is 0.761. The first kappa shape index (κ1) is 10.6. The lowest BCUT2D eigenvalue weighted by atomic mass is 10.0. The summed E-state index contributed by atoms with van der Waals surface area (Å²) >= 11 is 0. The minimum atomic E-state index is -2.74. The second-order valence-corrected chi connectivity index (χ2v) is 2.82. The lowest BCUT2D eigenvalue weighted by molar-refractivity contribution is 0.0971. The van der Waals surface area contributed by atoms with Crippen molar-refractivity contribution < 1.29 is 18.7 Å². The summed E-state index contributed by atoms with van der Waals surface area (Å²) in [6.07, 6.45) is -2.65. The molecule has 0 bridgehead atoms. The topological polar surface area (TPSA) is 37.3 Å². The summed E-state index contributed by atoms with van der Waals surface area (Å²) in [7, 11) is 0. The predicted molar refractivity (Wildman–Crippen MR) is 47.7 cm³/mol. The summed E-state index contributed by atoms with van der Waals surface area (Å²) in [6.45, 7) is 1.56. The van der Waals surface area contributed by atoms with Crippen molar-refractivity contribution in [3.05, 3.63) is 29.3 Å². The van der Waals surface area contributed by atoms with Gasteiger partial charge in [-0.05, 0) is 6.07 Å². The smallest absolute Gasteiger partial charge is 0.264 e. The van der Waals surface area contributed by atoms with E-state index in [0.717, 1.165) is 6.07 Å². The van der Waals surface area contributed by atoms with Crippen LogP contribution >= 0.6 is 0 Å². The van der Waals surface area contributed by atoms with Gasteiger partial charge in [0.25, 0.3) is 6.43 Å². The van der Waals surface area contributed by atoms with E-state index in [9.17, 15) is 18.7 Å². The highest BCUT2D eigenvalue weighted by atomic mass is 19.3. The second kappa shape index (κ2) is 4.17. The van der Waals surface area contributed by atoms with Gasteiger partial charge in [-0.15, -0.1) is 0 Å². The van der Waals surface area contributed by atoms with E-state index in [4.69, 9.17) is 0 Å². The van der Waals surface area contributed by atoms with Gasteiger partial charge >= 0.3 is 0 Å². The predicted octanol–water partition coefficient (Wildman–Crippen LogP) is 2.92. The zero-order valence-corrected chi connectivity index (χ0v) is 7.63. The number of carbonyl (C=O) groups is 1. The van der Waals surface area contributed by atoms with Crippen molar-refractivity contribution in [1.82, 2.24) is 0 Å². The van der Waals surface area contributed by atoms with Gasteiger partial charge in [0.05, 0.1) is 5.56 Å². The number of ketones is 1. The number of phenolic OH excluding ortho intramolecular Hbond substituents is 1. The van der Waals surface area contributed by atoms with Gasteiger partial charge in [-0.1, -0.05) is 19.1 Å². The number of alkyl halides is 2. The summed E-state index contributed by atoms with van der Waals surface area (Å²) in [5.74, 6) is -0.854. The molecule has 1 aromatic rings. The molecule has 1 aromatic carbocycles. The van der Waals surface area contributed by atoms with E-state index in [-0.39, 0.29) is 17.7 Å². The van der Waals surface area contributed by atoms with Crippen LogP contribution in [0.15, 0.2) is 18.2 Å². The normalized spacial score (nSPS) is 10.6. The number of halogens is 2. The van der Waals surface area contributed by atoms with Crippen molar-refractivity contribution in [2.75, 3.05) is 0 Å². The van der Waals surface area contributed by atoms with Crippen LogP contribution < -0.4 is 0 Å². The fourth-order valence-electron chi connectivity index (χ4n) is 1.22. The van der Waals surface area contributed by atoms with Gasteiger partial charge in [0.1, 0.15) is 5.75 Å². The van der Waals surface area contributed by atoms with Crippen LogP contribution in [0, 0.1) is 0 Å². The van der Waals surface area contributed by atoms with E-state index in [0.29, 0.717) is 0 Å². The second-order valence-electron chi connectivity index (χ2n) is 2.82. The number of benzene rings is 1. The van der Waals surface area contributed by atoms with E-state index < -0.39 is 17.8 Å². The minimum Gasteiger partial charge on any atom is -0.507 e. The molecular formula is C10H10F2O2. The summed E-state index contributed by atoms with van der Waals surface area (Å²) in [5, 5.41) is 9.29. The molecular weight excluding hydrogens is 190 g/mol. The van der Waals surface area contributed by atoms with Crippen molar-refractivity contribution in [3.63, 3.8) is 0 Å². The maximum Gasteiger partial charge on any atom is 0.264 e. The monoisotopic (exact) mass is 200 g/mol. The van der Waals surface area contributed by atoms with Gasteiger partial charge in [-0.2, -0.15) is 0 Å². The van der Waals surface area contributed by atoms with Crippen molar-refractivity contribution >= 4 is 5.78 Å². The van der Waals surface area contributed by atoms with Crippen LogP contribution in [0.1, 0.15) is 35.7 Å². The number of carbonyl (C=O) groups excluding carboxylic acids is 1. The summed E-state index contributed by atoms with van der Waals surface area (Å²) in [5.41, 5.74) is -0.665. The third-order valence-corrected chi connectivity index (χ3v) is 1.91. The van der Waals surface area contributed by atoms with Gasteiger partial charge < -0.3 is 5.11 Å². The third kappa shape index (κ3) is 1.89. The highest BCUT2D eigenvalue weighted by Crippen LogP contribution is 2.29. The first-order valence-electron chi connectivity index (χ1n) is 4.21. The van der Waals surface area contributed by atoms with E-state index >= 15 is 0 Å². The Morgan fingerprint density at radius 1 is 1.50 bits per heavy atom. The third-order valence-electron chi connectivity index (χ3n) is 1.91. The summed E-state index contributed by atoms with van der Waals surface area (Å²) < 4.78 is 24.9. The maximum atomic E-state index is 12.4. The molecule has 1 N–H and O–H groups in total. The van der Waals surface area contributed by atoms with Crippen molar-refractivity contribution in [2.24, 2.45) is 0 Å². The number of hydrogen-bond acceptors (Lipinski definition) is 2. The molecule has 1 rings (SSSR count). The number of hydrogen-bond donors (Lipinski definition) is 1. The Hall–Kier alpha value is -1.45. The average molecular weight is 200 g/mol. The summed E-state index contributed by atoms with van der Waals surface area (Å²) in [6, 6.07) is 3.67. The number of Topliss-reactive ketones (excluding diaryl/α,β-unsaturated/α-hetero) is 1. The Balaban J connectivity index is 3.29. The summed E-state index contributed by atoms with van der Waals surface area (Å²) in [4.78, 5) is 11.3. The first-order valence-corrected chi connectivity index (χ1v) is 4.21. The molecule has 0 unspecified atom stereocenters. The van der Waals surface area contributed by atoms with E-state index in [1.165, 1.54) is 12.1 Å². The Labute approximate surface area is 80.2 Å². The molecule has 0 fully saturated rings. The molecule has 0 radical (unpaired) electrons. The van der Waals surface area contributed by atoms with Crippen molar-refractivity contribution in [1.29, 1.82) is 0 Å². The van der Waals surface area contributed by atoms with Crippen LogP contribution in [-0.4, -0.2) is 10.9 Å². The van der Waals surface area contributed by atoms with Gasteiger partial charge in [0.2, 0.25) is 0 Å². The van der Waals surface area contributed by atoms with Crippen LogP contribution in [0.2, 0.25) is 0 Å². The SMILES string of the molecule is CCC(=O)c1c(O)cccc1C(F)F. The van der Waals surface area contributed by atoms with Crippen LogP contribution in [0.4, 0.5) is 8.78 Å². The zero-order valence-electron chi connectivity index (χ0n) is 7.63. The van der Waals surface area contributed by atoms with Crippen molar-refractivity contribution in [3.8, 4) is 5.75 Å².